The van der Waals surface area contributed by atoms with Gasteiger partial charge in [0.15, 0.2) is 0 Å². The van der Waals surface area contributed by atoms with Crippen LogP contribution in [0, 0.1) is 11.6 Å². The van der Waals surface area contributed by atoms with E-state index in [0.29, 0.717) is 0 Å². The Morgan fingerprint density at radius 3 is 2.62 bits per heavy atom. The van der Waals surface area contributed by atoms with Crippen LogP contribution in [0.4, 0.5) is 14.7 Å². The van der Waals surface area contributed by atoms with Gasteiger partial charge in [0, 0.05) is 11.1 Å². The number of hydrogen-bond donors (Lipinski definition) is 1. The fourth-order valence-corrected chi connectivity index (χ4v) is 1.81. The van der Waals surface area contributed by atoms with Crippen LogP contribution in [0.5, 0.6) is 0 Å². The number of halogens is 2. The summed E-state index contributed by atoms with van der Waals surface area (Å²) in [6, 6.07) is 11.0. The summed E-state index contributed by atoms with van der Waals surface area (Å²) < 4.78 is 26.4. The van der Waals surface area contributed by atoms with Crippen molar-refractivity contribution in [1.29, 1.82) is 0 Å². The number of carbonyl (C=O) groups is 1. The van der Waals surface area contributed by atoms with E-state index >= 15 is 0 Å². The highest BCUT2D eigenvalue weighted by atomic mass is 19.1. The first-order chi connectivity index (χ1) is 11.6. The van der Waals surface area contributed by atoms with Crippen LogP contribution in [0.3, 0.4) is 0 Å². The Kier molecular flexibility index (Phi) is 4.32. The maximum atomic E-state index is 13.5. The SMILES string of the molecule is O=C(Nc1nnnn1/N=C/c1ccccc1F)c1ccc(F)cc1. The molecule has 0 fully saturated rings. The minimum absolute atomic E-state index is 0.0584. The Hall–Kier alpha value is -3.49. The monoisotopic (exact) mass is 328 g/mol. The molecule has 0 bridgehead atoms. The summed E-state index contributed by atoms with van der Waals surface area (Å²) in [5.74, 6) is -1.50. The topological polar surface area (TPSA) is 85.1 Å². The molecule has 0 atom stereocenters. The van der Waals surface area contributed by atoms with Gasteiger partial charge >= 0.3 is 0 Å². The van der Waals surface area contributed by atoms with Gasteiger partial charge in [0.05, 0.1) is 6.21 Å². The van der Waals surface area contributed by atoms with Crippen LogP contribution >= 0.6 is 0 Å². The van der Waals surface area contributed by atoms with Crippen LogP contribution in [0.25, 0.3) is 0 Å². The molecule has 2 aromatic carbocycles. The molecule has 1 amide bonds. The molecule has 0 aliphatic carbocycles. The van der Waals surface area contributed by atoms with E-state index in [1.165, 1.54) is 30.5 Å². The number of tetrazole rings is 1. The van der Waals surface area contributed by atoms with E-state index in [0.717, 1.165) is 16.9 Å². The molecule has 0 spiro atoms. The number of carbonyl (C=O) groups excluding carboxylic acids is 1. The van der Waals surface area contributed by atoms with Crippen LogP contribution < -0.4 is 5.32 Å². The second-order valence-electron chi connectivity index (χ2n) is 4.62. The summed E-state index contributed by atoms with van der Waals surface area (Å²) in [5.41, 5.74) is 0.466. The van der Waals surface area contributed by atoms with Crippen LogP contribution in [0.15, 0.2) is 53.6 Å². The van der Waals surface area contributed by atoms with E-state index in [9.17, 15) is 13.6 Å². The predicted molar refractivity (Wildman–Crippen MR) is 81.6 cm³/mol. The summed E-state index contributed by atoms with van der Waals surface area (Å²) in [7, 11) is 0. The quantitative estimate of drug-likeness (QED) is 0.743. The fourth-order valence-electron chi connectivity index (χ4n) is 1.81. The first-order valence-corrected chi connectivity index (χ1v) is 6.77. The molecule has 1 N–H and O–H groups in total. The lowest BCUT2D eigenvalue weighted by molar-refractivity contribution is 0.102. The van der Waals surface area contributed by atoms with Gasteiger partial charge in [-0.25, -0.2) is 8.78 Å². The molecule has 1 aromatic heterocycles. The lowest BCUT2D eigenvalue weighted by atomic mass is 10.2. The Morgan fingerprint density at radius 1 is 1.12 bits per heavy atom. The van der Waals surface area contributed by atoms with Gasteiger partial charge in [-0.05, 0) is 40.8 Å². The summed E-state index contributed by atoms with van der Waals surface area (Å²) >= 11 is 0. The van der Waals surface area contributed by atoms with Gasteiger partial charge < -0.3 is 0 Å². The number of nitrogens with zero attached hydrogens (tertiary/aromatic N) is 5. The minimum Gasteiger partial charge on any atom is -0.288 e. The molecule has 0 saturated heterocycles. The van der Waals surface area contributed by atoms with Gasteiger partial charge in [-0.3, -0.25) is 10.1 Å². The van der Waals surface area contributed by atoms with Crippen molar-refractivity contribution in [2.45, 2.75) is 0 Å². The summed E-state index contributed by atoms with van der Waals surface area (Å²) in [6.07, 6.45) is 1.22. The second kappa shape index (κ2) is 6.73. The van der Waals surface area contributed by atoms with Crippen molar-refractivity contribution in [2.24, 2.45) is 5.10 Å². The Labute approximate surface area is 134 Å². The van der Waals surface area contributed by atoms with Crippen molar-refractivity contribution < 1.29 is 13.6 Å². The Bertz CT molecular complexity index is 891. The number of amides is 1. The third-order valence-electron chi connectivity index (χ3n) is 3.00. The van der Waals surface area contributed by atoms with Crippen LogP contribution in [-0.2, 0) is 0 Å². The molecule has 0 aliphatic rings. The second-order valence-corrected chi connectivity index (χ2v) is 4.62. The number of rotatable bonds is 4. The van der Waals surface area contributed by atoms with E-state index in [1.807, 2.05) is 0 Å². The zero-order chi connectivity index (χ0) is 16.9. The predicted octanol–water partition coefficient (Wildman–Crippen LogP) is 2.09. The van der Waals surface area contributed by atoms with E-state index in [-0.39, 0.29) is 17.1 Å². The molecular weight excluding hydrogens is 318 g/mol. The average Bonchev–Trinajstić information content (AvgIpc) is 3.02. The molecule has 0 radical (unpaired) electrons. The molecule has 3 rings (SSSR count). The van der Waals surface area contributed by atoms with Crippen molar-refractivity contribution in [2.75, 3.05) is 5.32 Å². The average molecular weight is 328 g/mol. The summed E-state index contributed by atoms with van der Waals surface area (Å²) in [4.78, 5) is 13.0. The van der Waals surface area contributed by atoms with Crippen LogP contribution in [0.2, 0.25) is 0 Å². The van der Waals surface area contributed by atoms with E-state index in [1.54, 1.807) is 12.1 Å². The van der Waals surface area contributed by atoms with Crippen molar-refractivity contribution in [3.05, 3.63) is 71.3 Å². The first-order valence-electron chi connectivity index (χ1n) is 6.77. The summed E-state index contributed by atoms with van der Waals surface area (Å²) in [6.45, 7) is 0. The zero-order valence-electron chi connectivity index (χ0n) is 12.1. The lowest BCUT2D eigenvalue weighted by Crippen LogP contribution is -2.15. The van der Waals surface area contributed by atoms with Gasteiger partial charge in [-0.1, -0.05) is 28.1 Å². The molecular formula is C15H10F2N6O. The summed E-state index contributed by atoms with van der Waals surface area (Å²) in [5, 5.41) is 16.9. The maximum absolute atomic E-state index is 13.5. The van der Waals surface area contributed by atoms with E-state index < -0.39 is 17.5 Å². The highest BCUT2D eigenvalue weighted by Crippen LogP contribution is 2.08. The lowest BCUT2D eigenvalue weighted by Gasteiger charge is -2.02. The molecule has 24 heavy (non-hydrogen) atoms. The first kappa shape index (κ1) is 15.4. The number of hydrogen-bond acceptors (Lipinski definition) is 5. The van der Waals surface area contributed by atoms with Crippen molar-refractivity contribution in [3.63, 3.8) is 0 Å². The maximum Gasteiger partial charge on any atom is 0.272 e. The van der Waals surface area contributed by atoms with Crippen molar-refractivity contribution >= 4 is 18.1 Å². The van der Waals surface area contributed by atoms with Gasteiger partial charge in [-0.2, -0.15) is 5.10 Å². The molecule has 0 aliphatic heterocycles. The number of nitrogens with one attached hydrogen (secondary N) is 1. The van der Waals surface area contributed by atoms with Crippen LogP contribution in [-0.4, -0.2) is 32.4 Å². The van der Waals surface area contributed by atoms with Crippen molar-refractivity contribution in [3.8, 4) is 0 Å². The highest BCUT2D eigenvalue weighted by Gasteiger charge is 2.11. The third kappa shape index (κ3) is 3.46. The van der Waals surface area contributed by atoms with E-state index in [4.69, 9.17) is 0 Å². The molecule has 0 unspecified atom stereocenters. The number of anilines is 1. The normalized spacial score (nSPS) is 10.9. The number of benzene rings is 2. The van der Waals surface area contributed by atoms with Crippen molar-refractivity contribution in [1.82, 2.24) is 20.3 Å². The standard InChI is InChI=1S/C15H10F2N6O/c16-12-7-5-10(6-8-12)14(24)19-15-20-21-22-23(15)18-9-11-3-1-2-4-13(11)17/h1-9H,(H,19,20,22,24)/b18-9+. The Morgan fingerprint density at radius 2 is 1.88 bits per heavy atom. The van der Waals surface area contributed by atoms with Crippen LogP contribution in [0.1, 0.15) is 15.9 Å². The van der Waals surface area contributed by atoms with Gasteiger partial charge in [0.25, 0.3) is 11.9 Å². The molecule has 1 heterocycles. The van der Waals surface area contributed by atoms with E-state index in [2.05, 4.69) is 25.9 Å². The third-order valence-corrected chi connectivity index (χ3v) is 3.00. The smallest absolute Gasteiger partial charge is 0.272 e. The Balaban J connectivity index is 1.77. The molecule has 3 aromatic rings. The molecule has 120 valence electrons. The number of aromatic nitrogens is 4. The fraction of sp³-hybridized carbons (Fsp3) is 0. The molecule has 0 saturated carbocycles. The minimum atomic E-state index is -0.535. The largest absolute Gasteiger partial charge is 0.288 e. The van der Waals surface area contributed by atoms with Gasteiger partial charge in [0.2, 0.25) is 0 Å². The van der Waals surface area contributed by atoms with Gasteiger partial charge in [0.1, 0.15) is 11.6 Å². The highest BCUT2D eigenvalue weighted by molar-refractivity contribution is 6.03. The molecule has 7 nitrogen and oxygen atoms in total. The van der Waals surface area contributed by atoms with Gasteiger partial charge in [-0.15, -0.1) is 0 Å². The zero-order valence-corrected chi connectivity index (χ0v) is 12.1. The molecule has 9 heteroatoms.